The molecule has 2 atom stereocenters. The van der Waals surface area contributed by atoms with Gasteiger partial charge in [0.15, 0.2) is 0 Å². The standard InChI is InChI=1S/C16H26N2O/c1-16(2)10-6-5-8-12(16)14(17-3)15-13(19-4)9-7-11-18-15/h7,9,11-12,14,17H,5-6,8,10H2,1-4H3. The van der Waals surface area contributed by atoms with Crippen molar-refractivity contribution < 1.29 is 4.74 Å². The number of nitrogens with zero attached hydrogens (tertiary/aromatic N) is 1. The highest BCUT2D eigenvalue weighted by Gasteiger charge is 2.39. The summed E-state index contributed by atoms with van der Waals surface area (Å²) >= 11 is 0. The van der Waals surface area contributed by atoms with Gasteiger partial charge >= 0.3 is 0 Å². The van der Waals surface area contributed by atoms with Crippen molar-refractivity contribution in [1.82, 2.24) is 10.3 Å². The SMILES string of the molecule is CNC(c1ncccc1OC)C1CCCCC1(C)C. The van der Waals surface area contributed by atoms with E-state index >= 15 is 0 Å². The molecular formula is C16H26N2O. The van der Waals surface area contributed by atoms with Gasteiger partial charge in [-0.05, 0) is 43.4 Å². The van der Waals surface area contributed by atoms with E-state index in [0.29, 0.717) is 11.3 Å². The van der Waals surface area contributed by atoms with Gasteiger partial charge in [-0.25, -0.2) is 0 Å². The number of rotatable bonds is 4. The van der Waals surface area contributed by atoms with E-state index in [0.717, 1.165) is 11.4 Å². The van der Waals surface area contributed by atoms with Crippen molar-refractivity contribution in [3.05, 3.63) is 24.0 Å². The smallest absolute Gasteiger partial charge is 0.141 e. The molecule has 0 amide bonds. The van der Waals surface area contributed by atoms with Crippen LogP contribution in [0.2, 0.25) is 0 Å². The van der Waals surface area contributed by atoms with Crippen LogP contribution in [0.15, 0.2) is 18.3 Å². The number of methoxy groups -OCH3 is 1. The summed E-state index contributed by atoms with van der Waals surface area (Å²) in [6.07, 6.45) is 7.09. The van der Waals surface area contributed by atoms with Crippen LogP contribution in [0, 0.1) is 11.3 Å². The topological polar surface area (TPSA) is 34.2 Å². The molecular weight excluding hydrogens is 236 g/mol. The molecule has 0 aliphatic heterocycles. The summed E-state index contributed by atoms with van der Waals surface area (Å²) < 4.78 is 5.48. The molecule has 1 N–H and O–H groups in total. The van der Waals surface area contributed by atoms with Crippen LogP contribution in [-0.4, -0.2) is 19.1 Å². The predicted octanol–water partition coefficient (Wildman–Crippen LogP) is 3.57. The first-order valence-electron chi connectivity index (χ1n) is 7.26. The van der Waals surface area contributed by atoms with Crippen molar-refractivity contribution >= 4 is 0 Å². The first-order valence-corrected chi connectivity index (χ1v) is 7.26. The third-order valence-electron chi connectivity index (χ3n) is 4.62. The van der Waals surface area contributed by atoms with Crippen molar-refractivity contribution in [3.8, 4) is 5.75 Å². The molecule has 19 heavy (non-hydrogen) atoms. The second-order valence-corrected chi connectivity index (χ2v) is 6.20. The molecule has 1 aliphatic rings. The monoisotopic (exact) mass is 262 g/mol. The fraction of sp³-hybridized carbons (Fsp3) is 0.688. The van der Waals surface area contributed by atoms with Crippen LogP contribution >= 0.6 is 0 Å². The zero-order valence-electron chi connectivity index (χ0n) is 12.6. The van der Waals surface area contributed by atoms with Gasteiger partial charge in [0.05, 0.1) is 18.8 Å². The minimum absolute atomic E-state index is 0.270. The van der Waals surface area contributed by atoms with E-state index in [1.54, 1.807) is 7.11 Å². The average molecular weight is 262 g/mol. The Morgan fingerprint density at radius 2 is 2.21 bits per heavy atom. The Balaban J connectivity index is 2.33. The molecule has 2 unspecified atom stereocenters. The maximum atomic E-state index is 5.48. The molecule has 0 aromatic carbocycles. The molecule has 1 saturated carbocycles. The molecule has 1 aliphatic carbocycles. The zero-order valence-corrected chi connectivity index (χ0v) is 12.6. The van der Waals surface area contributed by atoms with Gasteiger partial charge in [-0.3, -0.25) is 4.98 Å². The lowest BCUT2D eigenvalue weighted by molar-refractivity contribution is 0.0985. The van der Waals surface area contributed by atoms with Gasteiger partial charge in [0.1, 0.15) is 5.75 Å². The van der Waals surface area contributed by atoms with E-state index in [4.69, 9.17) is 4.74 Å². The fourth-order valence-electron chi connectivity index (χ4n) is 3.48. The lowest BCUT2D eigenvalue weighted by atomic mass is 9.65. The summed E-state index contributed by atoms with van der Waals surface area (Å²) in [6.45, 7) is 4.77. The Hall–Kier alpha value is -1.09. The Kier molecular flexibility index (Phi) is 4.46. The summed E-state index contributed by atoms with van der Waals surface area (Å²) in [4.78, 5) is 4.57. The van der Waals surface area contributed by atoms with E-state index in [1.165, 1.54) is 25.7 Å². The molecule has 0 bridgehead atoms. The van der Waals surface area contributed by atoms with E-state index in [1.807, 2.05) is 25.4 Å². The molecule has 106 valence electrons. The number of hydrogen-bond acceptors (Lipinski definition) is 3. The van der Waals surface area contributed by atoms with E-state index in [9.17, 15) is 0 Å². The summed E-state index contributed by atoms with van der Waals surface area (Å²) in [5.41, 5.74) is 1.40. The summed E-state index contributed by atoms with van der Waals surface area (Å²) in [5.74, 6) is 1.50. The van der Waals surface area contributed by atoms with Crippen molar-refractivity contribution in [2.24, 2.45) is 11.3 Å². The first-order chi connectivity index (χ1) is 9.10. The quantitative estimate of drug-likeness (QED) is 0.900. The molecule has 1 fully saturated rings. The van der Waals surface area contributed by atoms with Crippen molar-refractivity contribution in [2.45, 2.75) is 45.6 Å². The van der Waals surface area contributed by atoms with Crippen molar-refractivity contribution in [1.29, 1.82) is 0 Å². The zero-order chi connectivity index (χ0) is 13.9. The average Bonchev–Trinajstić information content (AvgIpc) is 2.41. The Labute approximate surface area is 116 Å². The molecule has 0 saturated heterocycles. The second-order valence-electron chi connectivity index (χ2n) is 6.20. The number of aromatic nitrogens is 1. The van der Waals surface area contributed by atoms with Crippen LogP contribution in [-0.2, 0) is 0 Å². The molecule has 1 heterocycles. The normalized spacial score (nSPS) is 23.9. The van der Waals surface area contributed by atoms with Crippen LogP contribution in [0.25, 0.3) is 0 Å². The Morgan fingerprint density at radius 1 is 1.42 bits per heavy atom. The van der Waals surface area contributed by atoms with Crippen molar-refractivity contribution in [2.75, 3.05) is 14.2 Å². The number of nitrogens with one attached hydrogen (secondary N) is 1. The summed E-state index contributed by atoms with van der Waals surface area (Å²) in [5, 5.41) is 3.48. The van der Waals surface area contributed by atoms with Gasteiger partial charge in [-0.15, -0.1) is 0 Å². The van der Waals surface area contributed by atoms with Crippen LogP contribution < -0.4 is 10.1 Å². The highest BCUT2D eigenvalue weighted by atomic mass is 16.5. The van der Waals surface area contributed by atoms with Gasteiger partial charge in [0, 0.05) is 6.20 Å². The largest absolute Gasteiger partial charge is 0.495 e. The highest BCUT2D eigenvalue weighted by molar-refractivity contribution is 5.30. The molecule has 0 spiro atoms. The van der Waals surface area contributed by atoms with Crippen LogP contribution in [0.4, 0.5) is 0 Å². The maximum Gasteiger partial charge on any atom is 0.141 e. The summed E-state index contributed by atoms with van der Waals surface area (Å²) in [7, 11) is 3.75. The molecule has 3 nitrogen and oxygen atoms in total. The first kappa shape index (κ1) is 14.3. The molecule has 1 aromatic rings. The van der Waals surface area contributed by atoms with Gasteiger partial charge in [0.25, 0.3) is 0 Å². The van der Waals surface area contributed by atoms with Gasteiger partial charge in [0.2, 0.25) is 0 Å². The number of hydrogen-bond donors (Lipinski definition) is 1. The van der Waals surface area contributed by atoms with Gasteiger partial charge < -0.3 is 10.1 Å². The van der Waals surface area contributed by atoms with E-state index in [-0.39, 0.29) is 6.04 Å². The van der Waals surface area contributed by atoms with Crippen LogP contribution in [0.3, 0.4) is 0 Å². The van der Waals surface area contributed by atoms with E-state index in [2.05, 4.69) is 24.1 Å². The lowest BCUT2D eigenvalue weighted by Crippen LogP contribution is -2.38. The molecule has 1 aromatic heterocycles. The summed E-state index contributed by atoms with van der Waals surface area (Å²) in [6, 6.07) is 4.20. The minimum Gasteiger partial charge on any atom is -0.495 e. The lowest BCUT2D eigenvalue weighted by Gasteiger charge is -2.43. The Morgan fingerprint density at radius 3 is 2.84 bits per heavy atom. The highest BCUT2D eigenvalue weighted by Crippen LogP contribution is 2.47. The number of pyridine rings is 1. The van der Waals surface area contributed by atoms with Crippen LogP contribution in [0.5, 0.6) is 5.75 Å². The van der Waals surface area contributed by atoms with Gasteiger partial charge in [-0.2, -0.15) is 0 Å². The van der Waals surface area contributed by atoms with E-state index < -0.39 is 0 Å². The Bertz CT molecular complexity index is 417. The van der Waals surface area contributed by atoms with Gasteiger partial charge in [-0.1, -0.05) is 26.7 Å². The molecule has 2 rings (SSSR count). The third kappa shape index (κ3) is 2.92. The van der Waals surface area contributed by atoms with Crippen molar-refractivity contribution in [3.63, 3.8) is 0 Å². The van der Waals surface area contributed by atoms with Crippen LogP contribution in [0.1, 0.15) is 51.3 Å². The minimum atomic E-state index is 0.270. The maximum absolute atomic E-state index is 5.48. The third-order valence-corrected chi connectivity index (χ3v) is 4.62. The molecule has 0 radical (unpaired) electrons. The predicted molar refractivity (Wildman–Crippen MR) is 78.3 cm³/mol. The second kappa shape index (κ2) is 5.91. The molecule has 3 heteroatoms. The fourth-order valence-corrected chi connectivity index (χ4v) is 3.48. The number of ether oxygens (including phenoxy) is 1.